The highest BCUT2D eigenvalue weighted by atomic mass is 15.3. The minimum Gasteiger partial charge on any atom is -0.355 e. The van der Waals surface area contributed by atoms with Crippen LogP contribution in [0.5, 0.6) is 0 Å². The first-order valence-electron chi connectivity index (χ1n) is 11.1. The van der Waals surface area contributed by atoms with E-state index in [4.69, 9.17) is 10.7 Å². The third kappa shape index (κ3) is 3.67. The van der Waals surface area contributed by atoms with Crippen molar-refractivity contribution in [2.45, 2.75) is 39.3 Å². The Labute approximate surface area is 187 Å². The lowest BCUT2D eigenvalue weighted by molar-refractivity contribution is 0.503. The van der Waals surface area contributed by atoms with Gasteiger partial charge in [-0.3, -0.25) is 14.8 Å². The Hall–Kier alpha value is -3.52. The quantitative estimate of drug-likeness (QED) is 0.500. The maximum Gasteiger partial charge on any atom is 0.136 e. The van der Waals surface area contributed by atoms with E-state index < -0.39 is 0 Å². The first-order valence-corrected chi connectivity index (χ1v) is 11.1. The predicted octanol–water partition coefficient (Wildman–Crippen LogP) is 3.86. The molecule has 0 aliphatic carbocycles. The molecule has 8 nitrogen and oxygen atoms in total. The van der Waals surface area contributed by atoms with Gasteiger partial charge in [-0.2, -0.15) is 10.2 Å². The number of nitrogens with two attached hydrogens (primary N) is 1. The molecule has 4 aromatic heterocycles. The van der Waals surface area contributed by atoms with Crippen LogP contribution in [0.4, 0.5) is 5.82 Å². The molecular weight excluding hydrogens is 400 g/mol. The number of allylic oxidation sites excluding steroid dienone is 1. The van der Waals surface area contributed by atoms with Crippen LogP contribution >= 0.6 is 0 Å². The van der Waals surface area contributed by atoms with Crippen molar-refractivity contribution < 1.29 is 0 Å². The number of aromatic nitrogens is 6. The van der Waals surface area contributed by atoms with Gasteiger partial charge in [0.15, 0.2) is 0 Å². The monoisotopic (exact) mass is 428 g/mol. The molecule has 0 aromatic carbocycles. The number of fused-ring (bicyclic) bond motifs is 1. The minimum absolute atomic E-state index is 0.163. The van der Waals surface area contributed by atoms with Gasteiger partial charge in [-0.1, -0.05) is 6.58 Å². The van der Waals surface area contributed by atoms with Crippen molar-refractivity contribution in [3.8, 4) is 22.6 Å². The number of rotatable bonds is 5. The van der Waals surface area contributed by atoms with E-state index in [1.165, 1.54) is 0 Å². The largest absolute Gasteiger partial charge is 0.355 e. The third-order valence-electron chi connectivity index (χ3n) is 6.04. The Morgan fingerprint density at radius 1 is 1.28 bits per heavy atom. The smallest absolute Gasteiger partial charge is 0.136 e. The van der Waals surface area contributed by atoms with Gasteiger partial charge < -0.3 is 10.6 Å². The molecule has 1 saturated heterocycles. The number of nitrogens with one attached hydrogen (secondary N) is 1. The van der Waals surface area contributed by atoms with E-state index in [0.717, 1.165) is 83.0 Å². The number of aryl methyl sites for hydroxylation is 1. The van der Waals surface area contributed by atoms with Crippen LogP contribution in [0, 0.1) is 0 Å². The fourth-order valence-corrected chi connectivity index (χ4v) is 4.30. The molecule has 0 bridgehead atoms. The van der Waals surface area contributed by atoms with Gasteiger partial charge >= 0.3 is 0 Å². The van der Waals surface area contributed by atoms with Gasteiger partial charge in [0.05, 0.1) is 29.3 Å². The zero-order valence-electron chi connectivity index (χ0n) is 18.5. The molecule has 1 unspecified atom stereocenters. The Bertz CT molecular complexity index is 1280. The minimum atomic E-state index is 0.163. The molecule has 8 heteroatoms. The lowest BCUT2D eigenvalue weighted by Crippen LogP contribution is -2.43. The number of H-pyrrole nitrogens is 1. The number of hydrogen-bond acceptors (Lipinski definition) is 6. The Morgan fingerprint density at radius 2 is 2.16 bits per heavy atom. The molecule has 5 rings (SSSR count). The van der Waals surface area contributed by atoms with E-state index >= 15 is 0 Å². The van der Waals surface area contributed by atoms with Crippen molar-refractivity contribution in [2.24, 2.45) is 5.73 Å². The number of hydrogen-bond donors (Lipinski definition) is 2. The van der Waals surface area contributed by atoms with Crippen LogP contribution in [0.15, 0.2) is 43.4 Å². The molecule has 1 aliphatic heterocycles. The Morgan fingerprint density at radius 3 is 2.91 bits per heavy atom. The fourth-order valence-electron chi connectivity index (χ4n) is 4.30. The molecule has 5 heterocycles. The number of pyridine rings is 2. The van der Waals surface area contributed by atoms with Crippen LogP contribution in [-0.2, 0) is 6.54 Å². The Balaban J connectivity index is 1.59. The maximum atomic E-state index is 6.26. The summed E-state index contributed by atoms with van der Waals surface area (Å²) in [5, 5.41) is 13.0. The van der Waals surface area contributed by atoms with Crippen LogP contribution in [0.2, 0.25) is 0 Å². The van der Waals surface area contributed by atoms with Crippen molar-refractivity contribution in [3.05, 3.63) is 48.9 Å². The lowest BCUT2D eigenvalue weighted by atomic mass is 10.0. The topological polar surface area (TPSA) is 102 Å². The average Bonchev–Trinajstić information content (AvgIpc) is 3.45. The zero-order valence-corrected chi connectivity index (χ0v) is 18.5. The number of nitrogens with zero attached hydrogens (tertiary/aromatic N) is 6. The van der Waals surface area contributed by atoms with Gasteiger partial charge in [0.2, 0.25) is 0 Å². The zero-order chi connectivity index (χ0) is 22.2. The molecule has 164 valence electrons. The SMILES string of the molecule is C=C(C)c1ccc(-c2n[nH]c3cnc(-c4cnn(CC)c4)cc23)nc1N1CCCC(N)C1. The van der Waals surface area contributed by atoms with Gasteiger partial charge in [-0.05, 0) is 50.5 Å². The van der Waals surface area contributed by atoms with Crippen LogP contribution in [0.3, 0.4) is 0 Å². The summed E-state index contributed by atoms with van der Waals surface area (Å²) in [5.74, 6) is 0.930. The van der Waals surface area contributed by atoms with E-state index in [9.17, 15) is 0 Å². The van der Waals surface area contributed by atoms with Crippen LogP contribution in [0.25, 0.3) is 39.1 Å². The van der Waals surface area contributed by atoms with Crippen molar-refractivity contribution in [2.75, 3.05) is 18.0 Å². The molecule has 0 spiro atoms. The van der Waals surface area contributed by atoms with Gasteiger partial charge in [-0.25, -0.2) is 4.98 Å². The molecule has 0 saturated carbocycles. The molecule has 3 N–H and O–H groups in total. The highest BCUT2D eigenvalue weighted by molar-refractivity contribution is 5.94. The summed E-state index contributed by atoms with van der Waals surface area (Å²) < 4.78 is 1.89. The van der Waals surface area contributed by atoms with Crippen molar-refractivity contribution in [1.82, 2.24) is 29.9 Å². The van der Waals surface area contributed by atoms with Crippen LogP contribution in [0.1, 0.15) is 32.3 Å². The summed E-state index contributed by atoms with van der Waals surface area (Å²) in [5.41, 5.74) is 12.6. The summed E-state index contributed by atoms with van der Waals surface area (Å²) in [6.07, 6.45) is 7.78. The van der Waals surface area contributed by atoms with E-state index in [0.29, 0.717) is 0 Å². The summed E-state index contributed by atoms with van der Waals surface area (Å²) in [6.45, 7) is 10.8. The second-order valence-electron chi connectivity index (χ2n) is 8.47. The van der Waals surface area contributed by atoms with Gasteiger partial charge in [0, 0.05) is 48.4 Å². The van der Waals surface area contributed by atoms with Crippen molar-refractivity contribution in [1.29, 1.82) is 0 Å². The summed E-state index contributed by atoms with van der Waals surface area (Å²) >= 11 is 0. The predicted molar refractivity (Wildman–Crippen MR) is 128 cm³/mol. The molecule has 0 radical (unpaired) electrons. The van der Waals surface area contributed by atoms with Crippen LogP contribution < -0.4 is 10.6 Å². The normalized spacial score (nSPS) is 16.6. The number of anilines is 1. The number of aromatic amines is 1. The summed E-state index contributed by atoms with van der Waals surface area (Å²) in [7, 11) is 0. The number of piperidine rings is 1. The molecule has 0 amide bonds. The molecule has 1 aliphatic rings. The average molecular weight is 429 g/mol. The highest BCUT2D eigenvalue weighted by Crippen LogP contribution is 2.33. The fraction of sp³-hybridized carbons (Fsp3) is 0.333. The van der Waals surface area contributed by atoms with Crippen LogP contribution in [-0.4, -0.2) is 49.1 Å². The molecular formula is C24H28N8. The summed E-state index contributed by atoms with van der Waals surface area (Å²) in [6, 6.07) is 6.32. The van der Waals surface area contributed by atoms with Crippen molar-refractivity contribution in [3.63, 3.8) is 0 Å². The first-order chi connectivity index (χ1) is 15.5. The van der Waals surface area contributed by atoms with E-state index in [1.807, 2.05) is 36.3 Å². The highest BCUT2D eigenvalue weighted by Gasteiger charge is 2.22. The van der Waals surface area contributed by atoms with Gasteiger partial charge in [0.25, 0.3) is 0 Å². The van der Waals surface area contributed by atoms with E-state index in [1.54, 1.807) is 0 Å². The molecule has 32 heavy (non-hydrogen) atoms. The second-order valence-corrected chi connectivity index (χ2v) is 8.47. The molecule has 1 fully saturated rings. The molecule has 1 atom stereocenters. The van der Waals surface area contributed by atoms with E-state index in [-0.39, 0.29) is 6.04 Å². The maximum absolute atomic E-state index is 6.26. The van der Waals surface area contributed by atoms with Gasteiger partial charge in [-0.15, -0.1) is 0 Å². The van der Waals surface area contributed by atoms with Crippen molar-refractivity contribution >= 4 is 22.3 Å². The summed E-state index contributed by atoms with van der Waals surface area (Å²) in [4.78, 5) is 11.9. The van der Waals surface area contributed by atoms with E-state index in [2.05, 4.69) is 50.8 Å². The first kappa shape index (κ1) is 20.4. The third-order valence-corrected chi connectivity index (χ3v) is 6.04. The Kier molecular flexibility index (Phi) is 5.22. The lowest BCUT2D eigenvalue weighted by Gasteiger charge is -2.33. The molecule has 4 aromatic rings. The second kappa shape index (κ2) is 8.20. The van der Waals surface area contributed by atoms with Gasteiger partial charge in [0.1, 0.15) is 11.5 Å². The standard InChI is InChI=1S/C24H28N8/c1-4-32-13-16(11-27-32)21-10-19-22(12-26-21)29-30-23(19)20-8-7-18(15(2)3)24(28-20)31-9-5-6-17(25)14-31/h7-8,10-13,17H,2,4-6,9,14,25H2,1,3H3,(H,29,30).